The van der Waals surface area contributed by atoms with Gasteiger partial charge >= 0.3 is 0 Å². The topological polar surface area (TPSA) is 45.2 Å². The van der Waals surface area contributed by atoms with Crippen LogP contribution in [0, 0.1) is 5.92 Å². The van der Waals surface area contributed by atoms with Gasteiger partial charge in [-0.15, -0.1) is 0 Å². The molecule has 2 rings (SSSR count). The van der Waals surface area contributed by atoms with Gasteiger partial charge in [0, 0.05) is 5.92 Å². The van der Waals surface area contributed by atoms with E-state index in [1.807, 2.05) is 0 Å². The second-order valence-electron chi connectivity index (χ2n) is 4.04. The molecule has 0 saturated carbocycles. The van der Waals surface area contributed by atoms with Crippen LogP contribution in [0.15, 0.2) is 9.98 Å². The van der Waals surface area contributed by atoms with Crippen LogP contribution in [0.1, 0.15) is 12.8 Å². The fourth-order valence-corrected chi connectivity index (χ4v) is 2.90. The standard InChI is InChI=1S/C10H14BrN3OS/c1-14-4-2-7(3-5-14)9(15)13-10-12-6-8(11)16-10/h6-7H,2-5H2,1H3,(H,12,13,15). The average molecular weight is 304 g/mol. The lowest BCUT2D eigenvalue weighted by Gasteiger charge is -2.27. The van der Waals surface area contributed by atoms with E-state index in [1.54, 1.807) is 6.20 Å². The zero-order valence-corrected chi connectivity index (χ0v) is 11.5. The summed E-state index contributed by atoms with van der Waals surface area (Å²) < 4.78 is 0.936. The Morgan fingerprint density at radius 2 is 2.31 bits per heavy atom. The maximum absolute atomic E-state index is 11.9. The lowest BCUT2D eigenvalue weighted by atomic mass is 9.96. The third kappa shape index (κ3) is 3.02. The van der Waals surface area contributed by atoms with Crippen LogP contribution < -0.4 is 5.32 Å². The van der Waals surface area contributed by atoms with Gasteiger partial charge in [0.1, 0.15) is 0 Å². The summed E-state index contributed by atoms with van der Waals surface area (Å²) in [5.41, 5.74) is 0. The number of piperidine rings is 1. The highest BCUT2D eigenvalue weighted by atomic mass is 79.9. The molecule has 16 heavy (non-hydrogen) atoms. The fourth-order valence-electron chi connectivity index (χ4n) is 1.79. The minimum atomic E-state index is 0.106. The van der Waals surface area contributed by atoms with Gasteiger partial charge in [-0.05, 0) is 48.9 Å². The zero-order valence-electron chi connectivity index (χ0n) is 9.07. The van der Waals surface area contributed by atoms with E-state index in [4.69, 9.17) is 0 Å². The van der Waals surface area contributed by atoms with Crippen molar-refractivity contribution in [2.24, 2.45) is 5.92 Å². The number of halogens is 1. The maximum atomic E-state index is 11.9. The summed E-state index contributed by atoms with van der Waals surface area (Å²) in [5, 5.41) is 3.54. The summed E-state index contributed by atoms with van der Waals surface area (Å²) >= 11 is 4.77. The van der Waals surface area contributed by atoms with Gasteiger partial charge in [-0.3, -0.25) is 4.79 Å². The predicted molar refractivity (Wildman–Crippen MR) is 68.7 cm³/mol. The van der Waals surface area contributed by atoms with Gasteiger partial charge in [-0.2, -0.15) is 0 Å². The number of hydrogen-bond acceptors (Lipinski definition) is 4. The molecule has 0 unspecified atom stereocenters. The van der Waals surface area contributed by atoms with Crippen molar-refractivity contribution in [2.75, 3.05) is 25.5 Å². The van der Waals surface area contributed by atoms with Crippen molar-refractivity contribution < 1.29 is 4.79 Å². The van der Waals surface area contributed by atoms with E-state index in [-0.39, 0.29) is 11.8 Å². The molecule has 1 aliphatic rings. The van der Waals surface area contributed by atoms with Gasteiger partial charge in [0.15, 0.2) is 5.13 Å². The Labute approximate surface area is 107 Å². The molecular weight excluding hydrogens is 290 g/mol. The smallest absolute Gasteiger partial charge is 0.229 e. The monoisotopic (exact) mass is 303 g/mol. The van der Waals surface area contributed by atoms with Gasteiger partial charge in [0.2, 0.25) is 5.91 Å². The molecule has 6 heteroatoms. The van der Waals surface area contributed by atoms with Crippen LogP contribution in [-0.4, -0.2) is 35.9 Å². The largest absolute Gasteiger partial charge is 0.306 e. The number of carbonyl (C=O) groups is 1. The summed E-state index contributed by atoms with van der Waals surface area (Å²) in [6.07, 6.45) is 3.58. The molecule has 1 fully saturated rings. The van der Waals surface area contributed by atoms with Crippen molar-refractivity contribution in [1.82, 2.24) is 9.88 Å². The van der Waals surface area contributed by atoms with Crippen LogP contribution in [0.5, 0.6) is 0 Å². The molecule has 0 radical (unpaired) electrons. The Hall–Kier alpha value is -0.460. The Morgan fingerprint density at radius 1 is 1.62 bits per heavy atom. The fraction of sp³-hybridized carbons (Fsp3) is 0.600. The molecule has 1 N–H and O–H groups in total. The number of likely N-dealkylation sites (tertiary alicyclic amines) is 1. The number of rotatable bonds is 2. The quantitative estimate of drug-likeness (QED) is 0.911. The first-order chi connectivity index (χ1) is 7.65. The highest BCUT2D eigenvalue weighted by Gasteiger charge is 2.23. The molecule has 0 spiro atoms. The van der Waals surface area contributed by atoms with E-state index in [2.05, 4.69) is 38.2 Å². The van der Waals surface area contributed by atoms with Crippen LogP contribution in [0.25, 0.3) is 0 Å². The van der Waals surface area contributed by atoms with Crippen molar-refractivity contribution in [2.45, 2.75) is 12.8 Å². The third-order valence-electron chi connectivity index (χ3n) is 2.80. The molecule has 0 bridgehead atoms. The Balaban J connectivity index is 1.88. The summed E-state index contributed by atoms with van der Waals surface area (Å²) in [7, 11) is 2.09. The van der Waals surface area contributed by atoms with Crippen molar-refractivity contribution in [3.63, 3.8) is 0 Å². The molecule has 2 heterocycles. The van der Waals surface area contributed by atoms with E-state index < -0.39 is 0 Å². The minimum Gasteiger partial charge on any atom is -0.306 e. The number of carbonyl (C=O) groups excluding carboxylic acids is 1. The van der Waals surface area contributed by atoms with Crippen LogP contribution in [0.3, 0.4) is 0 Å². The summed E-state index contributed by atoms with van der Waals surface area (Å²) in [4.78, 5) is 18.3. The van der Waals surface area contributed by atoms with E-state index in [9.17, 15) is 4.79 Å². The number of amides is 1. The van der Waals surface area contributed by atoms with Gasteiger partial charge in [0.25, 0.3) is 0 Å². The second-order valence-corrected chi connectivity index (χ2v) is 6.45. The van der Waals surface area contributed by atoms with Crippen molar-refractivity contribution in [3.8, 4) is 0 Å². The van der Waals surface area contributed by atoms with Crippen LogP contribution >= 0.6 is 27.3 Å². The molecular formula is C10H14BrN3OS. The number of anilines is 1. The molecule has 1 aliphatic heterocycles. The number of aromatic nitrogens is 1. The summed E-state index contributed by atoms with van der Waals surface area (Å²) in [5.74, 6) is 0.244. The average Bonchev–Trinajstić information content (AvgIpc) is 2.65. The maximum Gasteiger partial charge on any atom is 0.229 e. The molecule has 0 aromatic carbocycles. The first-order valence-electron chi connectivity index (χ1n) is 5.26. The van der Waals surface area contributed by atoms with E-state index >= 15 is 0 Å². The number of thiazole rings is 1. The van der Waals surface area contributed by atoms with Crippen molar-refractivity contribution >= 4 is 38.3 Å². The lowest BCUT2D eigenvalue weighted by molar-refractivity contribution is -0.121. The lowest BCUT2D eigenvalue weighted by Crippen LogP contribution is -2.35. The van der Waals surface area contributed by atoms with Gasteiger partial charge in [0.05, 0.1) is 9.98 Å². The Kier molecular flexibility index (Phi) is 3.94. The SMILES string of the molecule is CN1CCC(C(=O)Nc2ncc(Br)s2)CC1. The number of nitrogens with one attached hydrogen (secondary N) is 1. The molecule has 1 saturated heterocycles. The van der Waals surface area contributed by atoms with Gasteiger partial charge in [-0.25, -0.2) is 4.98 Å². The molecule has 1 aromatic heterocycles. The van der Waals surface area contributed by atoms with Crippen molar-refractivity contribution in [1.29, 1.82) is 0 Å². The third-order valence-corrected chi connectivity index (χ3v) is 4.19. The van der Waals surface area contributed by atoms with Crippen LogP contribution in [-0.2, 0) is 4.79 Å². The Bertz CT molecular complexity index is 374. The minimum absolute atomic E-state index is 0.106. The highest BCUT2D eigenvalue weighted by molar-refractivity contribution is 9.11. The van der Waals surface area contributed by atoms with Crippen LogP contribution in [0.2, 0.25) is 0 Å². The van der Waals surface area contributed by atoms with Crippen LogP contribution in [0.4, 0.5) is 5.13 Å². The molecule has 0 aliphatic carbocycles. The van der Waals surface area contributed by atoms with Crippen molar-refractivity contribution in [3.05, 3.63) is 9.98 Å². The van der Waals surface area contributed by atoms with E-state index in [0.29, 0.717) is 5.13 Å². The summed E-state index contributed by atoms with van der Waals surface area (Å²) in [6, 6.07) is 0. The first kappa shape index (κ1) is 12.0. The van der Waals surface area contributed by atoms with Gasteiger partial charge < -0.3 is 10.2 Å². The normalized spacial score (nSPS) is 18.6. The molecule has 0 atom stereocenters. The van der Waals surface area contributed by atoms with E-state index in [0.717, 1.165) is 29.7 Å². The summed E-state index contributed by atoms with van der Waals surface area (Å²) in [6.45, 7) is 2.00. The molecule has 4 nitrogen and oxygen atoms in total. The molecule has 1 amide bonds. The molecule has 88 valence electrons. The van der Waals surface area contributed by atoms with E-state index in [1.165, 1.54) is 11.3 Å². The first-order valence-corrected chi connectivity index (χ1v) is 6.87. The number of nitrogens with zero attached hydrogens (tertiary/aromatic N) is 2. The van der Waals surface area contributed by atoms with Gasteiger partial charge in [-0.1, -0.05) is 11.3 Å². The zero-order chi connectivity index (χ0) is 11.5. The predicted octanol–water partition coefficient (Wildman–Crippen LogP) is 2.19. The number of hydrogen-bond donors (Lipinski definition) is 1. The highest BCUT2D eigenvalue weighted by Crippen LogP contribution is 2.25. The second kappa shape index (κ2) is 5.25. The Morgan fingerprint density at radius 3 is 2.88 bits per heavy atom. The molecule has 1 aromatic rings.